The number of pyridine rings is 1. The minimum atomic E-state index is 0.449. The Morgan fingerprint density at radius 2 is 1.90 bits per heavy atom. The predicted octanol–water partition coefficient (Wildman–Crippen LogP) is 5.06. The van der Waals surface area contributed by atoms with Crippen LogP contribution in [0.5, 0.6) is 0 Å². The molecule has 0 saturated heterocycles. The van der Waals surface area contributed by atoms with E-state index in [4.69, 9.17) is 0 Å². The maximum atomic E-state index is 4.38. The van der Waals surface area contributed by atoms with Crippen molar-refractivity contribution in [2.45, 2.75) is 36.2 Å². The number of aromatic nitrogens is 1. The molecule has 0 aliphatic heterocycles. The molecule has 1 atom stereocenters. The number of nitrogens with zero attached hydrogens (tertiary/aromatic N) is 1. The third-order valence-electron chi connectivity index (χ3n) is 3.06. The number of rotatable bonds is 6. The minimum absolute atomic E-state index is 0.449. The van der Waals surface area contributed by atoms with Crippen molar-refractivity contribution in [3.05, 3.63) is 52.6 Å². The van der Waals surface area contributed by atoms with Gasteiger partial charge in [0.1, 0.15) is 5.03 Å². The second-order valence-corrected chi connectivity index (χ2v) is 6.51. The van der Waals surface area contributed by atoms with Gasteiger partial charge in [-0.25, -0.2) is 4.98 Å². The van der Waals surface area contributed by atoms with E-state index in [0.717, 1.165) is 22.5 Å². The highest BCUT2D eigenvalue weighted by molar-refractivity contribution is 9.10. The van der Waals surface area contributed by atoms with Crippen LogP contribution in [0.1, 0.15) is 31.9 Å². The van der Waals surface area contributed by atoms with Gasteiger partial charge in [0.2, 0.25) is 0 Å². The number of benzene rings is 1. The highest BCUT2D eigenvalue weighted by atomic mass is 79.9. The molecule has 1 aromatic heterocycles. The van der Waals surface area contributed by atoms with Gasteiger partial charge < -0.3 is 5.32 Å². The number of hydrogen-bond acceptors (Lipinski definition) is 3. The summed E-state index contributed by atoms with van der Waals surface area (Å²) in [6.07, 6.45) is 2.93. The standard InChI is InChI=1S/C16H19BrN2S/c1-3-15(18-4-2)12-5-8-14(9-6-12)20-16-10-7-13(17)11-19-16/h5-11,15,18H,3-4H2,1-2H3. The summed E-state index contributed by atoms with van der Waals surface area (Å²) in [7, 11) is 0. The molecule has 1 aromatic carbocycles. The molecule has 0 fully saturated rings. The van der Waals surface area contributed by atoms with Crippen molar-refractivity contribution >= 4 is 27.7 Å². The summed E-state index contributed by atoms with van der Waals surface area (Å²) in [5, 5.41) is 4.51. The summed E-state index contributed by atoms with van der Waals surface area (Å²) >= 11 is 5.09. The summed E-state index contributed by atoms with van der Waals surface area (Å²) in [6, 6.07) is 13.2. The van der Waals surface area contributed by atoms with Crippen LogP contribution in [0.15, 0.2) is 57.0 Å². The average Bonchev–Trinajstić information content (AvgIpc) is 2.48. The molecule has 2 aromatic rings. The number of halogens is 1. The molecule has 0 bridgehead atoms. The molecule has 0 aliphatic carbocycles. The predicted molar refractivity (Wildman–Crippen MR) is 89.2 cm³/mol. The number of nitrogens with one attached hydrogen (secondary N) is 1. The summed E-state index contributed by atoms with van der Waals surface area (Å²) in [5.74, 6) is 0. The van der Waals surface area contributed by atoms with Crippen molar-refractivity contribution in [1.82, 2.24) is 10.3 Å². The van der Waals surface area contributed by atoms with E-state index in [-0.39, 0.29) is 0 Å². The largest absolute Gasteiger partial charge is 0.310 e. The monoisotopic (exact) mass is 350 g/mol. The Morgan fingerprint density at radius 3 is 2.45 bits per heavy atom. The topological polar surface area (TPSA) is 24.9 Å². The zero-order valence-electron chi connectivity index (χ0n) is 11.8. The molecule has 0 radical (unpaired) electrons. The van der Waals surface area contributed by atoms with Gasteiger partial charge in [0.25, 0.3) is 0 Å². The van der Waals surface area contributed by atoms with Gasteiger partial charge in [0.15, 0.2) is 0 Å². The molecule has 4 heteroatoms. The van der Waals surface area contributed by atoms with E-state index in [1.54, 1.807) is 11.8 Å². The van der Waals surface area contributed by atoms with Crippen molar-refractivity contribution in [2.24, 2.45) is 0 Å². The highest BCUT2D eigenvalue weighted by Crippen LogP contribution is 2.28. The second kappa shape index (κ2) is 7.81. The zero-order chi connectivity index (χ0) is 14.4. The molecule has 0 saturated carbocycles. The molecule has 0 spiro atoms. The first kappa shape index (κ1) is 15.5. The molecule has 2 rings (SSSR count). The van der Waals surface area contributed by atoms with Gasteiger partial charge in [0, 0.05) is 21.6 Å². The Bertz CT molecular complexity index is 525. The van der Waals surface area contributed by atoms with Crippen molar-refractivity contribution in [1.29, 1.82) is 0 Å². The summed E-state index contributed by atoms with van der Waals surface area (Å²) in [6.45, 7) is 5.35. The van der Waals surface area contributed by atoms with E-state index >= 15 is 0 Å². The second-order valence-electron chi connectivity index (χ2n) is 4.50. The molecule has 0 amide bonds. The fraction of sp³-hybridized carbons (Fsp3) is 0.312. The van der Waals surface area contributed by atoms with Crippen LogP contribution in [0.25, 0.3) is 0 Å². The lowest BCUT2D eigenvalue weighted by Crippen LogP contribution is -2.19. The van der Waals surface area contributed by atoms with Crippen LogP contribution in [0.4, 0.5) is 0 Å². The van der Waals surface area contributed by atoms with Gasteiger partial charge in [-0.3, -0.25) is 0 Å². The molecule has 1 unspecified atom stereocenters. The lowest BCUT2D eigenvalue weighted by atomic mass is 10.1. The van der Waals surface area contributed by atoms with Crippen LogP contribution in [-0.4, -0.2) is 11.5 Å². The Labute approximate surface area is 133 Å². The summed E-state index contributed by atoms with van der Waals surface area (Å²) in [5.41, 5.74) is 1.35. The fourth-order valence-electron chi connectivity index (χ4n) is 2.06. The highest BCUT2D eigenvalue weighted by Gasteiger charge is 2.07. The summed E-state index contributed by atoms with van der Waals surface area (Å²) < 4.78 is 1.01. The van der Waals surface area contributed by atoms with E-state index in [1.165, 1.54) is 10.5 Å². The molecular weight excluding hydrogens is 332 g/mol. The molecular formula is C16H19BrN2S. The molecule has 2 nitrogen and oxygen atoms in total. The van der Waals surface area contributed by atoms with Gasteiger partial charge >= 0.3 is 0 Å². The number of hydrogen-bond donors (Lipinski definition) is 1. The maximum absolute atomic E-state index is 4.38. The summed E-state index contributed by atoms with van der Waals surface area (Å²) in [4.78, 5) is 5.60. The third-order valence-corrected chi connectivity index (χ3v) is 4.49. The Morgan fingerprint density at radius 1 is 1.15 bits per heavy atom. The smallest absolute Gasteiger partial charge is 0.101 e. The quantitative estimate of drug-likeness (QED) is 0.788. The van der Waals surface area contributed by atoms with Crippen LogP contribution in [0.2, 0.25) is 0 Å². The van der Waals surface area contributed by atoms with Crippen LogP contribution in [0.3, 0.4) is 0 Å². The molecule has 1 heterocycles. The SMILES string of the molecule is CCNC(CC)c1ccc(Sc2ccc(Br)cn2)cc1. The van der Waals surface area contributed by atoms with Crippen molar-refractivity contribution in [3.63, 3.8) is 0 Å². The Hall–Kier alpha value is -0.840. The van der Waals surface area contributed by atoms with Gasteiger partial charge in [-0.05, 0) is 58.7 Å². The first-order valence-electron chi connectivity index (χ1n) is 6.85. The normalized spacial score (nSPS) is 12.3. The minimum Gasteiger partial charge on any atom is -0.310 e. The van der Waals surface area contributed by atoms with Gasteiger partial charge in [0.05, 0.1) is 0 Å². The first-order valence-corrected chi connectivity index (χ1v) is 8.46. The van der Waals surface area contributed by atoms with Crippen LogP contribution >= 0.6 is 27.7 Å². The first-order chi connectivity index (χ1) is 9.72. The molecule has 1 N–H and O–H groups in total. The van der Waals surface area contributed by atoms with Gasteiger partial charge in [-0.1, -0.05) is 37.7 Å². The lowest BCUT2D eigenvalue weighted by molar-refractivity contribution is 0.537. The van der Waals surface area contributed by atoms with E-state index < -0.39 is 0 Å². The molecule has 20 heavy (non-hydrogen) atoms. The van der Waals surface area contributed by atoms with Crippen molar-refractivity contribution < 1.29 is 0 Å². The van der Waals surface area contributed by atoms with E-state index in [0.29, 0.717) is 6.04 Å². The zero-order valence-corrected chi connectivity index (χ0v) is 14.2. The van der Waals surface area contributed by atoms with E-state index in [9.17, 15) is 0 Å². The van der Waals surface area contributed by atoms with Crippen molar-refractivity contribution in [2.75, 3.05) is 6.54 Å². The van der Waals surface area contributed by atoms with Crippen LogP contribution in [0, 0.1) is 0 Å². The third kappa shape index (κ3) is 4.33. The lowest BCUT2D eigenvalue weighted by Gasteiger charge is -2.16. The van der Waals surface area contributed by atoms with Crippen molar-refractivity contribution in [3.8, 4) is 0 Å². The average molecular weight is 351 g/mol. The molecule has 106 valence electrons. The van der Waals surface area contributed by atoms with Gasteiger partial charge in [-0.15, -0.1) is 0 Å². The Kier molecular flexibility index (Phi) is 6.07. The van der Waals surface area contributed by atoms with Crippen LogP contribution < -0.4 is 5.32 Å². The molecule has 0 aliphatic rings. The Balaban J connectivity index is 2.06. The maximum Gasteiger partial charge on any atom is 0.101 e. The fourth-order valence-corrected chi connectivity index (χ4v) is 3.05. The van der Waals surface area contributed by atoms with E-state index in [2.05, 4.69) is 64.3 Å². The van der Waals surface area contributed by atoms with Crippen LogP contribution in [-0.2, 0) is 0 Å². The van der Waals surface area contributed by atoms with E-state index in [1.807, 2.05) is 18.3 Å². The van der Waals surface area contributed by atoms with Gasteiger partial charge in [-0.2, -0.15) is 0 Å².